The van der Waals surface area contributed by atoms with Crippen molar-refractivity contribution in [2.75, 3.05) is 43.9 Å². The third-order valence-corrected chi connectivity index (χ3v) is 10.0. The van der Waals surface area contributed by atoms with Gasteiger partial charge >= 0.3 is 0 Å². The van der Waals surface area contributed by atoms with Crippen LogP contribution in [0.4, 0.5) is 5.82 Å². The van der Waals surface area contributed by atoms with E-state index >= 15 is 0 Å². The van der Waals surface area contributed by atoms with E-state index in [2.05, 4.69) is 4.90 Å². The normalized spacial score (nSPS) is 23.3. The Hall–Kier alpha value is -3.02. The molecule has 0 spiro atoms. The lowest BCUT2D eigenvalue weighted by molar-refractivity contribution is -0.137. The van der Waals surface area contributed by atoms with E-state index in [0.717, 1.165) is 42.1 Å². The zero-order valence-electron chi connectivity index (χ0n) is 22.5. The Morgan fingerprint density at radius 1 is 1.26 bits per heavy atom. The maximum absolute atomic E-state index is 14.2. The zero-order valence-corrected chi connectivity index (χ0v) is 23.4. The van der Waals surface area contributed by atoms with Crippen LogP contribution < -0.4 is 10.6 Å². The van der Waals surface area contributed by atoms with Crippen LogP contribution in [0.5, 0.6) is 0 Å². The van der Waals surface area contributed by atoms with Crippen molar-refractivity contribution in [1.82, 2.24) is 23.8 Å². The summed E-state index contributed by atoms with van der Waals surface area (Å²) in [5.74, 6) is 0.815. The Bertz CT molecular complexity index is 1440. The molecule has 2 aliphatic rings. The molecular weight excluding hydrogens is 502 g/mol. The molecule has 11 heteroatoms. The van der Waals surface area contributed by atoms with Crippen LogP contribution in [0.3, 0.4) is 0 Å². The highest BCUT2D eigenvalue weighted by Crippen LogP contribution is 2.39. The summed E-state index contributed by atoms with van der Waals surface area (Å²) in [5.41, 5.74) is 8.45. The van der Waals surface area contributed by atoms with Crippen LogP contribution in [0.25, 0.3) is 5.65 Å². The van der Waals surface area contributed by atoms with Crippen LogP contribution >= 0.6 is 0 Å². The maximum atomic E-state index is 14.2. The fourth-order valence-corrected chi connectivity index (χ4v) is 6.87. The highest BCUT2D eigenvalue weighted by atomic mass is 32.2. The van der Waals surface area contributed by atoms with Crippen molar-refractivity contribution in [3.8, 4) is 0 Å². The van der Waals surface area contributed by atoms with Crippen LogP contribution in [0.2, 0.25) is 0 Å². The lowest BCUT2D eigenvalue weighted by Crippen LogP contribution is -2.48. The molecule has 2 N–H and O–H groups in total. The van der Waals surface area contributed by atoms with Gasteiger partial charge in [-0.1, -0.05) is 30.3 Å². The number of anilines is 1. The summed E-state index contributed by atoms with van der Waals surface area (Å²) in [7, 11) is -1.65. The Labute approximate surface area is 224 Å². The summed E-state index contributed by atoms with van der Waals surface area (Å²) in [6, 6.07) is 11.3. The van der Waals surface area contributed by atoms with E-state index in [4.69, 9.17) is 15.8 Å². The van der Waals surface area contributed by atoms with Crippen molar-refractivity contribution >= 4 is 27.4 Å². The van der Waals surface area contributed by atoms with E-state index in [1.807, 2.05) is 56.4 Å². The number of hydrogen-bond acceptors (Lipinski definition) is 7. The summed E-state index contributed by atoms with van der Waals surface area (Å²) in [6.45, 7) is 7.72. The smallest absolute Gasteiger partial charge is 0.234 e. The summed E-state index contributed by atoms with van der Waals surface area (Å²) in [4.78, 5) is 23.0. The Kier molecular flexibility index (Phi) is 6.95. The number of nitrogens with two attached hydrogens (primary N) is 1. The molecule has 1 unspecified atom stereocenters. The van der Waals surface area contributed by atoms with Gasteiger partial charge in [-0.05, 0) is 39.2 Å². The third kappa shape index (κ3) is 4.56. The van der Waals surface area contributed by atoms with Crippen molar-refractivity contribution in [3.05, 3.63) is 59.4 Å². The summed E-state index contributed by atoms with van der Waals surface area (Å²) in [5, 5.41) is 4.76. The van der Waals surface area contributed by atoms with E-state index in [-0.39, 0.29) is 30.3 Å². The predicted octanol–water partition coefficient (Wildman–Crippen LogP) is 2.09. The molecule has 3 aromatic rings. The number of fused-ring (bicyclic) bond motifs is 1. The number of benzene rings is 1. The molecule has 38 heavy (non-hydrogen) atoms. The molecule has 1 amide bonds. The molecule has 3 atom stereocenters. The van der Waals surface area contributed by atoms with Crippen molar-refractivity contribution in [3.63, 3.8) is 0 Å². The van der Waals surface area contributed by atoms with Crippen LogP contribution in [-0.4, -0.2) is 83.1 Å². The number of carbonyl (C=O) groups excluding carboxylic acids is 1. The molecule has 5 rings (SSSR count). The minimum atomic E-state index is -3.42. The molecule has 2 saturated heterocycles. The van der Waals surface area contributed by atoms with Gasteiger partial charge in [0.25, 0.3) is 0 Å². The van der Waals surface area contributed by atoms with Crippen LogP contribution in [0, 0.1) is 6.92 Å². The fraction of sp³-hybridized carbons (Fsp3) is 0.519. The first kappa shape index (κ1) is 26.6. The Morgan fingerprint density at radius 2 is 2.00 bits per heavy atom. The lowest BCUT2D eigenvalue weighted by Gasteiger charge is -2.35. The van der Waals surface area contributed by atoms with Crippen LogP contribution in [-0.2, 0) is 20.2 Å². The van der Waals surface area contributed by atoms with Crippen LogP contribution in [0.15, 0.2) is 42.6 Å². The van der Waals surface area contributed by atoms with E-state index < -0.39 is 15.4 Å². The maximum Gasteiger partial charge on any atom is 0.234 e. The van der Waals surface area contributed by atoms with Crippen molar-refractivity contribution < 1.29 is 13.2 Å². The number of aryl methyl sites for hydroxylation is 1. The SMILES string of the molecule is CCS(=O)(=O)N1CCC(C(=O)N(C)[C@@H](C)c2cc3nc(N4CC[C@H](N)C4)c(C)cn3n2)(c2ccccc2)C1. The first-order valence-corrected chi connectivity index (χ1v) is 14.8. The Morgan fingerprint density at radius 3 is 2.66 bits per heavy atom. The number of likely N-dealkylation sites (N-methyl/N-ethyl adjacent to an activating group) is 1. The monoisotopic (exact) mass is 539 g/mol. The number of nitrogens with zero attached hydrogens (tertiary/aromatic N) is 6. The van der Waals surface area contributed by atoms with E-state index in [1.54, 1.807) is 23.4 Å². The fourth-order valence-electron chi connectivity index (χ4n) is 5.72. The quantitative estimate of drug-likeness (QED) is 0.489. The minimum Gasteiger partial charge on any atom is -0.355 e. The number of carbonyl (C=O) groups is 1. The summed E-state index contributed by atoms with van der Waals surface area (Å²) < 4.78 is 28.6. The first-order valence-electron chi connectivity index (χ1n) is 13.2. The number of sulfonamides is 1. The average molecular weight is 540 g/mol. The third-order valence-electron chi connectivity index (χ3n) is 8.21. The van der Waals surface area contributed by atoms with Gasteiger partial charge in [-0.2, -0.15) is 5.10 Å². The van der Waals surface area contributed by atoms with Crippen molar-refractivity contribution in [2.24, 2.45) is 5.73 Å². The largest absolute Gasteiger partial charge is 0.355 e. The predicted molar refractivity (Wildman–Crippen MR) is 147 cm³/mol. The van der Waals surface area contributed by atoms with E-state index in [1.165, 1.54) is 4.31 Å². The molecule has 2 fully saturated rings. The second-order valence-corrected chi connectivity index (χ2v) is 12.9. The van der Waals surface area contributed by atoms with Gasteiger partial charge in [0, 0.05) is 57.1 Å². The van der Waals surface area contributed by atoms with Gasteiger partial charge < -0.3 is 15.5 Å². The van der Waals surface area contributed by atoms with Gasteiger partial charge in [0.05, 0.1) is 22.9 Å². The lowest BCUT2D eigenvalue weighted by atomic mass is 9.78. The molecule has 10 nitrogen and oxygen atoms in total. The van der Waals surface area contributed by atoms with Crippen LogP contribution in [0.1, 0.15) is 49.6 Å². The van der Waals surface area contributed by atoms with E-state index in [0.29, 0.717) is 18.6 Å². The standard InChI is InChI=1S/C27H37N7O3S/c1-5-38(36,37)33-14-12-27(18-33,21-9-7-6-8-10-21)26(35)31(4)20(3)23-15-24-29-25(19(2)16-34(24)30-23)32-13-11-22(28)17-32/h6-10,15-16,20,22H,5,11-14,17-18,28H2,1-4H3/t20-,22-,27?/m0/s1. The molecule has 204 valence electrons. The first-order chi connectivity index (χ1) is 18.1. The number of rotatable bonds is 7. The highest BCUT2D eigenvalue weighted by molar-refractivity contribution is 7.89. The molecule has 0 radical (unpaired) electrons. The second-order valence-electron chi connectivity index (χ2n) is 10.6. The molecule has 0 saturated carbocycles. The average Bonchev–Trinajstić information content (AvgIpc) is 3.66. The van der Waals surface area contributed by atoms with Gasteiger partial charge in [0.1, 0.15) is 5.82 Å². The highest BCUT2D eigenvalue weighted by Gasteiger charge is 2.50. The van der Waals surface area contributed by atoms with Gasteiger partial charge in [-0.25, -0.2) is 22.2 Å². The minimum absolute atomic E-state index is 0.0112. The number of aromatic nitrogens is 3. The topological polar surface area (TPSA) is 117 Å². The molecule has 0 aliphatic carbocycles. The summed E-state index contributed by atoms with van der Waals surface area (Å²) >= 11 is 0. The van der Waals surface area contributed by atoms with Gasteiger partial charge in [-0.3, -0.25) is 4.79 Å². The number of amides is 1. The van der Waals surface area contributed by atoms with Gasteiger partial charge in [0.2, 0.25) is 15.9 Å². The molecule has 2 aliphatic heterocycles. The van der Waals surface area contributed by atoms with Crippen molar-refractivity contribution in [1.29, 1.82) is 0 Å². The van der Waals surface area contributed by atoms with E-state index in [9.17, 15) is 13.2 Å². The van der Waals surface area contributed by atoms with Gasteiger partial charge in [0.15, 0.2) is 5.65 Å². The summed E-state index contributed by atoms with van der Waals surface area (Å²) in [6.07, 6.45) is 3.34. The van der Waals surface area contributed by atoms with Gasteiger partial charge in [-0.15, -0.1) is 0 Å². The van der Waals surface area contributed by atoms with Crippen molar-refractivity contribution in [2.45, 2.75) is 51.1 Å². The molecule has 1 aromatic carbocycles. The molecule has 4 heterocycles. The molecule has 2 aromatic heterocycles. The number of hydrogen-bond donors (Lipinski definition) is 1. The second kappa shape index (κ2) is 9.94. The molecule has 0 bridgehead atoms. The Balaban J connectivity index is 1.45. The molecular formula is C27H37N7O3S. The zero-order chi connectivity index (χ0) is 27.2.